The number of carbonyl (C=O) groups is 2. The quantitative estimate of drug-likeness (QED) is 0.743. The third kappa shape index (κ3) is 5.11. The molecule has 7 heteroatoms. The molecule has 1 unspecified atom stereocenters. The van der Waals surface area contributed by atoms with Crippen molar-refractivity contribution in [1.29, 1.82) is 0 Å². The summed E-state index contributed by atoms with van der Waals surface area (Å²) in [6, 6.07) is 11.5. The monoisotopic (exact) mass is 381 g/mol. The second-order valence-corrected chi connectivity index (χ2v) is 5.91. The standard InChI is InChI=1S/C18H17Cl2NO4/c1-3-24-13-9-7-12(8-10-13)21-17(22)11(2)25-18(23)16-14(19)5-4-6-15(16)20/h4-11H,3H2,1-2H3,(H,21,22). The molecule has 25 heavy (non-hydrogen) atoms. The Hall–Kier alpha value is -2.24. The molecule has 0 bridgehead atoms. The van der Waals surface area contributed by atoms with Gasteiger partial charge in [-0.2, -0.15) is 0 Å². The van der Waals surface area contributed by atoms with Crippen LogP contribution in [0.15, 0.2) is 42.5 Å². The molecule has 2 rings (SSSR count). The van der Waals surface area contributed by atoms with E-state index in [0.29, 0.717) is 18.0 Å². The van der Waals surface area contributed by atoms with Gasteiger partial charge >= 0.3 is 5.97 Å². The van der Waals surface area contributed by atoms with E-state index in [4.69, 9.17) is 32.7 Å². The molecule has 0 radical (unpaired) electrons. The molecule has 0 aliphatic heterocycles. The van der Waals surface area contributed by atoms with Crippen molar-refractivity contribution < 1.29 is 19.1 Å². The Labute approximate surface area is 155 Å². The van der Waals surface area contributed by atoms with Crippen molar-refractivity contribution in [2.45, 2.75) is 20.0 Å². The Kier molecular flexibility index (Phi) is 6.67. The van der Waals surface area contributed by atoms with Gasteiger partial charge in [-0.05, 0) is 50.2 Å². The van der Waals surface area contributed by atoms with Gasteiger partial charge in [-0.25, -0.2) is 4.79 Å². The summed E-state index contributed by atoms with van der Waals surface area (Å²) >= 11 is 11.9. The summed E-state index contributed by atoms with van der Waals surface area (Å²) in [6.45, 7) is 3.91. The Morgan fingerprint density at radius 1 is 1.08 bits per heavy atom. The average molecular weight is 382 g/mol. The molecule has 1 amide bonds. The molecule has 132 valence electrons. The van der Waals surface area contributed by atoms with Crippen molar-refractivity contribution in [3.8, 4) is 5.75 Å². The molecule has 0 aromatic heterocycles. The van der Waals surface area contributed by atoms with Crippen LogP contribution in [0.1, 0.15) is 24.2 Å². The molecule has 0 heterocycles. The number of rotatable bonds is 6. The maximum atomic E-state index is 12.2. The summed E-state index contributed by atoms with van der Waals surface area (Å²) < 4.78 is 10.5. The first kappa shape index (κ1) is 19.1. The lowest BCUT2D eigenvalue weighted by Gasteiger charge is -2.15. The molecule has 0 spiro atoms. The van der Waals surface area contributed by atoms with Gasteiger partial charge in [0.05, 0.1) is 22.2 Å². The third-order valence-electron chi connectivity index (χ3n) is 3.25. The first-order valence-electron chi connectivity index (χ1n) is 7.61. The van der Waals surface area contributed by atoms with Gasteiger partial charge in [0, 0.05) is 5.69 Å². The van der Waals surface area contributed by atoms with Crippen LogP contribution in [0.2, 0.25) is 10.0 Å². The number of hydrogen-bond donors (Lipinski definition) is 1. The topological polar surface area (TPSA) is 64.6 Å². The van der Waals surface area contributed by atoms with E-state index in [1.807, 2.05) is 6.92 Å². The molecule has 1 atom stereocenters. The van der Waals surface area contributed by atoms with Crippen LogP contribution in [-0.2, 0) is 9.53 Å². The third-order valence-corrected chi connectivity index (χ3v) is 3.88. The SMILES string of the molecule is CCOc1ccc(NC(=O)C(C)OC(=O)c2c(Cl)cccc2Cl)cc1. The Bertz CT molecular complexity index is 742. The van der Waals surface area contributed by atoms with E-state index in [1.165, 1.54) is 19.1 Å². The Morgan fingerprint density at radius 2 is 1.68 bits per heavy atom. The number of halogens is 2. The van der Waals surface area contributed by atoms with E-state index >= 15 is 0 Å². The maximum Gasteiger partial charge on any atom is 0.341 e. The van der Waals surface area contributed by atoms with Gasteiger partial charge < -0.3 is 14.8 Å². The summed E-state index contributed by atoms with van der Waals surface area (Å²) in [7, 11) is 0. The second-order valence-electron chi connectivity index (χ2n) is 5.09. The minimum absolute atomic E-state index is 0.0338. The molecule has 2 aromatic rings. The van der Waals surface area contributed by atoms with E-state index in [0.717, 1.165) is 0 Å². The van der Waals surface area contributed by atoms with Crippen LogP contribution in [0.3, 0.4) is 0 Å². The van der Waals surface area contributed by atoms with Crippen LogP contribution in [0.25, 0.3) is 0 Å². The van der Waals surface area contributed by atoms with Crippen molar-refractivity contribution in [3.63, 3.8) is 0 Å². The van der Waals surface area contributed by atoms with Gasteiger partial charge in [-0.1, -0.05) is 29.3 Å². The fraction of sp³-hybridized carbons (Fsp3) is 0.222. The van der Waals surface area contributed by atoms with E-state index in [1.54, 1.807) is 30.3 Å². The molecule has 2 aromatic carbocycles. The maximum absolute atomic E-state index is 12.2. The highest BCUT2D eigenvalue weighted by Crippen LogP contribution is 2.25. The number of benzene rings is 2. The first-order chi connectivity index (χ1) is 11.9. The summed E-state index contributed by atoms with van der Waals surface area (Å²) in [5.41, 5.74) is 0.596. The fourth-order valence-electron chi connectivity index (χ4n) is 2.01. The van der Waals surface area contributed by atoms with Crippen LogP contribution in [0.4, 0.5) is 5.69 Å². The molecule has 0 aliphatic carbocycles. The zero-order valence-corrected chi connectivity index (χ0v) is 15.2. The molecule has 0 aliphatic rings. The van der Waals surface area contributed by atoms with E-state index in [2.05, 4.69) is 5.32 Å². The van der Waals surface area contributed by atoms with Gasteiger partial charge in [-0.3, -0.25) is 4.79 Å². The zero-order chi connectivity index (χ0) is 18.4. The van der Waals surface area contributed by atoms with Crippen molar-refractivity contribution in [3.05, 3.63) is 58.1 Å². The summed E-state index contributed by atoms with van der Waals surface area (Å²) in [6.07, 6.45) is -1.02. The smallest absolute Gasteiger partial charge is 0.341 e. The molecule has 1 N–H and O–H groups in total. The molecule has 0 saturated heterocycles. The zero-order valence-electron chi connectivity index (χ0n) is 13.7. The molecular formula is C18H17Cl2NO4. The largest absolute Gasteiger partial charge is 0.494 e. The summed E-state index contributed by atoms with van der Waals surface area (Å²) in [5.74, 6) is -0.529. The van der Waals surface area contributed by atoms with Gasteiger partial charge in [0.2, 0.25) is 0 Å². The predicted octanol–water partition coefficient (Wildman–Crippen LogP) is 4.58. The van der Waals surface area contributed by atoms with Crippen molar-refractivity contribution in [2.24, 2.45) is 0 Å². The highest BCUT2D eigenvalue weighted by Gasteiger charge is 2.22. The van der Waals surface area contributed by atoms with Gasteiger partial charge in [-0.15, -0.1) is 0 Å². The Balaban J connectivity index is 1.99. The van der Waals surface area contributed by atoms with Gasteiger partial charge in [0.1, 0.15) is 5.75 Å². The lowest BCUT2D eigenvalue weighted by molar-refractivity contribution is -0.123. The number of amides is 1. The minimum atomic E-state index is -1.02. The number of hydrogen-bond acceptors (Lipinski definition) is 4. The predicted molar refractivity (Wildman–Crippen MR) is 97.6 cm³/mol. The van der Waals surface area contributed by atoms with Crippen molar-refractivity contribution >= 4 is 40.8 Å². The number of anilines is 1. The average Bonchev–Trinajstić information content (AvgIpc) is 2.56. The van der Waals surface area contributed by atoms with E-state index in [9.17, 15) is 9.59 Å². The second kappa shape index (κ2) is 8.74. The number of esters is 1. The lowest BCUT2D eigenvalue weighted by Crippen LogP contribution is -2.30. The number of nitrogens with one attached hydrogen (secondary N) is 1. The number of carbonyl (C=O) groups excluding carboxylic acids is 2. The molecule has 0 fully saturated rings. The Morgan fingerprint density at radius 3 is 2.24 bits per heavy atom. The van der Waals surface area contributed by atoms with E-state index < -0.39 is 18.0 Å². The van der Waals surface area contributed by atoms with Crippen LogP contribution >= 0.6 is 23.2 Å². The lowest BCUT2D eigenvalue weighted by atomic mass is 10.2. The highest BCUT2D eigenvalue weighted by atomic mass is 35.5. The normalized spacial score (nSPS) is 11.5. The van der Waals surface area contributed by atoms with Crippen LogP contribution in [0, 0.1) is 0 Å². The minimum Gasteiger partial charge on any atom is -0.494 e. The molecule has 5 nitrogen and oxygen atoms in total. The summed E-state index contributed by atoms with van der Waals surface area (Å²) in [4.78, 5) is 24.4. The summed E-state index contributed by atoms with van der Waals surface area (Å²) in [5, 5.41) is 2.99. The van der Waals surface area contributed by atoms with Crippen LogP contribution in [-0.4, -0.2) is 24.6 Å². The first-order valence-corrected chi connectivity index (χ1v) is 8.36. The fourth-order valence-corrected chi connectivity index (χ4v) is 2.56. The van der Waals surface area contributed by atoms with Crippen molar-refractivity contribution in [1.82, 2.24) is 0 Å². The highest BCUT2D eigenvalue weighted by molar-refractivity contribution is 6.39. The van der Waals surface area contributed by atoms with Crippen LogP contribution in [0.5, 0.6) is 5.75 Å². The molecular weight excluding hydrogens is 365 g/mol. The van der Waals surface area contributed by atoms with Crippen LogP contribution < -0.4 is 10.1 Å². The van der Waals surface area contributed by atoms with Gasteiger partial charge in [0.25, 0.3) is 5.91 Å². The molecule has 0 saturated carbocycles. The van der Waals surface area contributed by atoms with E-state index in [-0.39, 0.29) is 15.6 Å². The van der Waals surface area contributed by atoms with Crippen molar-refractivity contribution in [2.75, 3.05) is 11.9 Å². The van der Waals surface area contributed by atoms with Gasteiger partial charge in [0.15, 0.2) is 6.10 Å². The number of ether oxygens (including phenoxy) is 2.